The lowest BCUT2D eigenvalue weighted by Crippen LogP contribution is -2.13. The molecule has 0 aromatic heterocycles. The molecule has 106 valence electrons. The maximum Gasteiger partial charge on any atom is 0.119 e. The molecule has 2 N–H and O–H groups in total. The second-order valence-electron chi connectivity index (χ2n) is 5.71. The summed E-state index contributed by atoms with van der Waals surface area (Å²) < 4.78 is 0. The first-order valence-corrected chi connectivity index (χ1v) is 7.17. The largest absolute Gasteiger partial charge is 0.508 e. The van der Waals surface area contributed by atoms with Crippen LogP contribution in [0, 0.1) is 0 Å². The van der Waals surface area contributed by atoms with E-state index in [1.165, 1.54) is 31.7 Å². The summed E-state index contributed by atoms with van der Waals surface area (Å²) >= 11 is 0. The van der Waals surface area contributed by atoms with Crippen LogP contribution in [0.4, 0.5) is 0 Å². The summed E-state index contributed by atoms with van der Waals surface area (Å²) in [6, 6.07) is 4.77. The number of benzene rings is 1. The molecule has 0 bridgehead atoms. The molecule has 0 aliphatic heterocycles. The van der Waals surface area contributed by atoms with Gasteiger partial charge in [-0.3, -0.25) is 0 Å². The van der Waals surface area contributed by atoms with Gasteiger partial charge in [0.1, 0.15) is 11.5 Å². The van der Waals surface area contributed by atoms with Crippen LogP contribution < -0.4 is 0 Å². The van der Waals surface area contributed by atoms with E-state index in [1.807, 2.05) is 0 Å². The highest BCUT2D eigenvalue weighted by atomic mass is 16.3. The second kappa shape index (κ2) is 7.22. The van der Waals surface area contributed by atoms with E-state index >= 15 is 0 Å². The Morgan fingerprint density at radius 1 is 1.00 bits per heavy atom. The van der Waals surface area contributed by atoms with Gasteiger partial charge in [0.2, 0.25) is 0 Å². The van der Waals surface area contributed by atoms with E-state index in [0.717, 1.165) is 12.0 Å². The molecule has 0 fully saturated rings. The van der Waals surface area contributed by atoms with Gasteiger partial charge in [-0.15, -0.1) is 0 Å². The predicted molar refractivity (Wildman–Crippen MR) is 80.7 cm³/mol. The lowest BCUT2D eigenvalue weighted by atomic mass is 9.84. The minimum Gasteiger partial charge on any atom is -0.508 e. The summed E-state index contributed by atoms with van der Waals surface area (Å²) in [6.45, 7) is 6.39. The first kappa shape index (κ1) is 15.6. The normalized spacial score (nSPS) is 12.2. The van der Waals surface area contributed by atoms with Crippen molar-refractivity contribution in [2.24, 2.45) is 0 Å². The Labute approximate surface area is 116 Å². The lowest BCUT2D eigenvalue weighted by molar-refractivity contribution is 0.446. The number of phenols is 2. The van der Waals surface area contributed by atoms with Gasteiger partial charge in [0, 0.05) is 11.5 Å². The Hall–Kier alpha value is -1.44. The fraction of sp³-hybridized carbons (Fsp3) is 0.529. The van der Waals surface area contributed by atoms with Crippen molar-refractivity contribution in [3.8, 4) is 11.5 Å². The van der Waals surface area contributed by atoms with Crippen LogP contribution >= 0.6 is 0 Å². The first-order chi connectivity index (χ1) is 8.95. The average molecular weight is 262 g/mol. The quantitative estimate of drug-likeness (QED) is 0.542. The molecule has 1 aromatic carbocycles. The van der Waals surface area contributed by atoms with Gasteiger partial charge in [-0.05, 0) is 30.5 Å². The first-order valence-electron chi connectivity index (χ1n) is 7.17. The fourth-order valence-electron chi connectivity index (χ4n) is 2.13. The molecule has 19 heavy (non-hydrogen) atoms. The molecular formula is C17H26O2. The maximum atomic E-state index is 9.54. The molecule has 0 atom stereocenters. The van der Waals surface area contributed by atoms with Gasteiger partial charge in [-0.1, -0.05) is 52.2 Å². The van der Waals surface area contributed by atoms with E-state index in [2.05, 4.69) is 32.9 Å². The Morgan fingerprint density at radius 2 is 1.63 bits per heavy atom. The van der Waals surface area contributed by atoms with E-state index in [-0.39, 0.29) is 16.9 Å². The third kappa shape index (κ3) is 5.37. The maximum absolute atomic E-state index is 9.54. The molecule has 0 saturated carbocycles. The zero-order valence-corrected chi connectivity index (χ0v) is 12.3. The monoisotopic (exact) mass is 262 g/mol. The van der Waals surface area contributed by atoms with Crippen molar-refractivity contribution >= 4 is 0 Å². The molecule has 2 heteroatoms. The van der Waals surface area contributed by atoms with Crippen molar-refractivity contribution in [1.82, 2.24) is 0 Å². The van der Waals surface area contributed by atoms with Crippen LogP contribution in [0.15, 0.2) is 30.4 Å². The highest BCUT2D eigenvalue weighted by Crippen LogP contribution is 2.31. The third-order valence-electron chi connectivity index (χ3n) is 3.41. The van der Waals surface area contributed by atoms with Crippen LogP contribution in [0.1, 0.15) is 58.4 Å². The number of rotatable bonds is 7. The number of hydrogen-bond donors (Lipinski definition) is 2. The van der Waals surface area contributed by atoms with Crippen molar-refractivity contribution in [1.29, 1.82) is 0 Å². The Kier molecular flexibility index (Phi) is 5.94. The van der Waals surface area contributed by atoms with Crippen LogP contribution in [-0.4, -0.2) is 10.2 Å². The van der Waals surface area contributed by atoms with Gasteiger partial charge in [0.25, 0.3) is 0 Å². The molecule has 0 aliphatic rings. The average Bonchev–Trinajstić information content (AvgIpc) is 2.32. The SMILES string of the molecule is CCCCCCC=CC(C)(C)c1cc(O)cc(O)c1. The van der Waals surface area contributed by atoms with Gasteiger partial charge in [0.15, 0.2) is 0 Å². The van der Waals surface area contributed by atoms with Crippen molar-refractivity contribution in [3.63, 3.8) is 0 Å². The Bertz CT molecular complexity index is 399. The fourth-order valence-corrected chi connectivity index (χ4v) is 2.13. The number of allylic oxidation sites excluding steroid dienone is 2. The van der Waals surface area contributed by atoms with Crippen molar-refractivity contribution in [2.45, 2.75) is 58.3 Å². The van der Waals surface area contributed by atoms with Crippen LogP contribution in [0.25, 0.3) is 0 Å². The van der Waals surface area contributed by atoms with Gasteiger partial charge in [-0.25, -0.2) is 0 Å². The van der Waals surface area contributed by atoms with E-state index < -0.39 is 0 Å². The third-order valence-corrected chi connectivity index (χ3v) is 3.41. The Morgan fingerprint density at radius 3 is 2.21 bits per heavy atom. The molecule has 1 aromatic rings. The number of unbranched alkanes of at least 4 members (excludes halogenated alkanes) is 4. The Balaban J connectivity index is 2.61. The summed E-state index contributed by atoms with van der Waals surface area (Å²) in [5.74, 6) is 0.221. The molecule has 2 nitrogen and oxygen atoms in total. The van der Waals surface area contributed by atoms with Crippen molar-refractivity contribution in [3.05, 3.63) is 35.9 Å². The minimum atomic E-state index is -0.180. The number of phenolic OH excluding ortho intramolecular Hbond substituents is 2. The standard InChI is InChI=1S/C17H26O2/c1-4-5-6-7-8-9-10-17(2,3)14-11-15(18)13-16(19)12-14/h9-13,18-19H,4-8H2,1-3H3. The van der Waals surface area contributed by atoms with Gasteiger partial charge < -0.3 is 10.2 Å². The molecule has 0 amide bonds. The molecule has 0 unspecified atom stereocenters. The molecular weight excluding hydrogens is 236 g/mol. The summed E-state index contributed by atoms with van der Waals surface area (Å²) in [5, 5.41) is 19.1. The van der Waals surface area contributed by atoms with Gasteiger partial charge >= 0.3 is 0 Å². The predicted octanol–water partition coefficient (Wildman–Crippen LogP) is 4.90. The second-order valence-corrected chi connectivity index (χ2v) is 5.71. The topological polar surface area (TPSA) is 40.5 Å². The van der Waals surface area contributed by atoms with E-state index in [1.54, 1.807) is 12.1 Å². The van der Waals surface area contributed by atoms with E-state index in [9.17, 15) is 10.2 Å². The van der Waals surface area contributed by atoms with Gasteiger partial charge in [-0.2, -0.15) is 0 Å². The summed E-state index contributed by atoms with van der Waals surface area (Å²) in [7, 11) is 0. The summed E-state index contributed by atoms with van der Waals surface area (Å²) in [4.78, 5) is 0. The van der Waals surface area contributed by atoms with Crippen LogP contribution in [0.5, 0.6) is 11.5 Å². The van der Waals surface area contributed by atoms with Gasteiger partial charge in [0.05, 0.1) is 0 Å². The summed E-state index contributed by atoms with van der Waals surface area (Å²) in [6.07, 6.45) is 10.5. The zero-order valence-electron chi connectivity index (χ0n) is 12.3. The van der Waals surface area contributed by atoms with E-state index in [0.29, 0.717) is 0 Å². The number of aromatic hydroxyl groups is 2. The zero-order chi connectivity index (χ0) is 14.3. The highest BCUT2D eigenvalue weighted by Gasteiger charge is 2.18. The smallest absolute Gasteiger partial charge is 0.119 e. The lowest BCUT2D eigenvalue weighted by Gasteiger charge is -2.21. The van der Waals surface area contributed by atoms with Crippen LogP contribution in [-0.2, 0) is 5.41 Å². The molecule has 0 spiro atoms. The number of hydrogen-bond acceptors (Lipinski definition) is 2. The van der Waals surface area contributed by atoms with Crippen molar-refractivity contribution in [2.75, 3.05) is 0 Å². The van der Waals surface area contributed by atoms with Crippen LogP contribution in [0.3, 0.4) is 0 Å². The molecule has 1 rings (SSSR count). The minimum absolute atomic E-state index is 0.111. The van der Waals surface area contributed by atoms with Crippen molar-refractivity contribution < 1.29 is 10.2 Å². The highest BCUT2D eigenvalue weighted by molar-refractivity contribution is 5.41. The molecule has 0 saturated heterocycles. The molecule has 0 radical (unpaired) electrons. The summed E-state index contributed by atoms with van der Waals surface area (Å²) in [5.41, 5.74) is 0.746. The van der Waals surface area contributed by atoms with Crippen LogP contribution in [0.2, 0.25) is 0 Å². The molecule has 0 aliphatic carbocycles. The molecule has 0 heterocycles. The van der Waals surface area contributed by atoms with E-state index in [4.69, 9.17) is 0 Å².